The molecule has 50 heteroatoms. The van der Waals surface area contributed by atoms with Crippen LogP contribution >= 0.6 is 41.8 Å². The Hall–Kier alpha value is -11.5. The highest BCUT2D eigenvalue weighted by atomic mass is 32.1. The molecule has 31 nitrogen and oxygen atoms in total. The third-order valence-corrected chi connectivity index (χ3v) is 21.6. The highest BCUT2D eigenvalue weighted by Gasteiger charge is 2.43. The van der Waals surface area contributed by atoms with Gasteiger partial charge in [0.15, 0.2) is 31.3 Å². The second kappa shape index (κ2) is 29.5. The van der Waals surface area contributed by atoms with Crippen LogP contribution in [0.4, 0.5) is 65.9 Å². The second-order valence-electron chi connectivity index (χ2n) is 24.5. The number of benzene rings is 3. The average Bonchev–Trinajstić information content (AvgIpc) is 1.70. The molecule has 3 aromatic carbocycles. The molecule has 12 aromatic rings. The smallest absolute Gasteiger partial charge is 0.292 e. The Bertz CT molecular complexity index is 6140. The highest BCUT2D eigenvalue weighted by molar-refractivity contribution is 7.48. The number of alkyl halides is 9. The lowest BCUT2D eigenvalue weighted by atomic mass is 10.1. The number of phosphoric ester groups is 1. The van der Waals surface area contributed by atoms with Crippen molar-refractivity contribution in [1.82, 2.24) is 70.4 Å². The largest absolute Gasteiger partial charge is 0.480 e. The molecule has 0 fully saturated rings. The number of fused-ring (bicyclic) bond motifs is 3. The third kappa shape index (κ3) is 14.6. The normalized spacial score (nSPS) is 13.1. The predicted octanol–water partition coefficient (Wildman–Crippen LogP) is 6.46. The highest BCUT2D eigenvalue weighted by Crippen LogP contribution is 2.52. The quantitative estimate of drug-likeness (QED) is 0.0657. The van der Waals surface area contributed by atoms with E-state index >= 15 is 30.9 Å². The van der Waals surface area contributed by atoms with Crippen molar-refractivity contribution in [3.8, 4) is 33.8 Å². The van der Waals surface area contributed by atoms with Gasteiger partial charge in [0.05, 0.1) is 53.4 Å². The van der Waals surface area contributed by atoms with E-state index in [2.05, 4.69) is 30.3 Å². The summed E-state index contributed by atoms with van der Waals surface area (Å²) in [6.45, 7) is -5.08. The first kappa shape index (κ1) is 81.0. The fraction of sp³-hybridized carbons (Fsp3) is 0.286. The summed E-state index contributed by atoms with van der Waals surface area (Å²) in [5.41, 5.74) is -20.8. The van der Waals surface area contributed by atoms with Crippen LogP contribution in [0, 0.1) is 34.9 Å². The van der Waals surface area contributed by atoms with Crippen LogP contribution in [0.15, 0.2) is 96.3 Å². The number of halogens is 15. The zero-order chi connectivity index (χ0) is 82.8. The van der Waals surface area contributed by atoms with Crippen molar-refractivity contribution in [2.24, 2.45) is 78.4 Å². The number of aromatic nitrogens is 15. The summed E-state index contributed by atoms with van der Waals surface area (Å²) in [5, 5.41) is 13.8. The van der Waals surface area contributed by atoms with Crippen LogP contribution in [-0.2, 0) is 154 Å². The number of thiazole rings is 3. The lowest BCUT2D eigenvalue weighted by Gasteiger charge is -2.21. The maximum absolute atomic E-state index is 16.6. The van der Waals surface area contributed by atoms with E-state index < -0.39 is 217 Å². The van der Waals surface area contributed by atoms with E-state index in [0.717, 1.165) is 65.0 Å². The lowest BCUT2D eigenvalue weighted by molar-refractivity contribution is -0.143. The van der Waals surface area contributed by atoms with Crippen molar-refractivity contribution in [2.75, 3.05) is 0 Å². The van der Waals surface area contributed by atoms with Crippen LogP contribution in [-0.4, -0.2) is 88.2 Å². The van der Waals surface area contributed by atoms with Gasteiger partial charge in [0.1, 0.15) is 87.9 Å². The SMILES string of the molecule is Cn1nc2c(c1CC(=O)/N=c1\scc(-c3ccc(F)c(C(F)(F)F)c3F)n1COP(=O)(OCn1c(-c3ccc(F)c(C(F)(F)F)c3F)cs/c1=N\C(=O)Cc1c3c(=O)n(C)c(=O)n(C)c3nn1C)OCn1c(-c3ccc(F)c(C(F)(F)F)c3F)cs/c1=N\C(=O)Cc1c3c(=O)n(C)c(=O)n(C)c3nn1C)c(=O)n(C)c(=O)n2C. The fourth-order valence-electron chi connectivity index (χ4n) is 12.0. The summed E-state index contributed by atoms with van der Waals surface area (Å²) < 4.78 is 269. The van der Waals surface area contributed by atoms with Gasteiger partial charge in [-0.05, 0) is 36.4 Å². The molecular weight excluding hydrogens is 1630 g/mol. The molecule has 9 heterocycles. The molecule has 12 rings (SSSR count). The standard InChI is InChI=1S/C63H48F15N18O13PS3/c1-85-49-40(52(100)88(4)58(85)103)31(91(7)82-49)16-37(97)79-55-94(34(19-111-55)25-10-13-28(64)43(46(25)67)61(70,71)72)22-107-110(106,108-23-95-35(26-11-14-29(65)44(47(26)68)62(73,74)75)20-112-56(95)80-38(98)17-32-41-50(83-92(32)8)86(2)59(104)89(5)53(41)101)109-24-96-36(27-12-15-30(66)45(48(27)69)63(76,77)78)21-113-57(96)81-39(99)18-33-42-51(84-93(33)9)87(3)60(105)90(6)54(42)102/h10-15,19-21H,16-18,22-24H2,1-9H3/b79-55-,80-56-,81-57-. The van der Waals surface area contributed by atoms with Crippen LogP contribution < -0.4 is 48.2 Å². The van der Waals surface area contributed by atoms with E-state index in [1.807, 2.05) is 0 Å². The zero-order valence-electron chi connectivity index (χ0n) is 58.6. The lowest BCUT2D eigenvalue weighted by Crippen LogP contribution is -2.37. The Morgan fingerprint density at radius 2 is 0.637 bits per heavy atom. The van der Waals surface area contributed by atoms with Crippen molar-refractivity contribution in [1.29, 1.82) is 0 Å². The molecule has 0 aliphatic heterocycles. The van der Waals surface area contributed by atoms with Crippen molar-refractivity contribution >= 4 is 92.7 Å². The maximum atomic E-state index is 16.6. The molecule has 9 aromatic heterocycles. The van der Waals surface area contributed by atoms with Crippen LogP contribution in [0.5, 0.6) is 0 Å². The number of rotatable bonds is 18. The molecule has 0 aliphatic rings. The Morgan fingerprint density at radius 3 is 0.867 bits per heavy atom. The van der Waals surface area contributed by atoms with Gasteiger partial charge >= 0.3 is 43.4 Å². The summed E-state index contributed by atoms with van der Waals surface area (Å²) in [7, 11) is 4.38. The molecule has 0 bridgehead atoms. The van der Waals surface area contributed by atoms with Gasteiger partial charge in [-0.25, -0.2) is 45.3 Å². The molecule has 0 N–H and O–H groups in total. The molecule has 113 heavy (non-hydrogen) atoms. The molecular formula is C63H48F15N18O13PS3. The monoisotopic (exact) mass is 1680 g/mol. The topological polar surface area (TPSA) is 333 Å². The number of aryl methyl sites for hydroxylation is 6. The van der Waals surface area contributed by atoms with E-state index in [0.29, 0.717) is 45.6 Å². The molecule has 0 saturated heterocycles. The van der Waals surface area contributed by atoms with Crippen LogP contribution in [0.3, 0.4) is 0 Å². The van der Waals surface area contributed by atoms with E-state index in [4.69, 9.17) is 13.6 Å². The summed E-state index contributed by atoms with van der Waals surface area (Å²) >= 11 is 0.769. The van der Waals surface area contributed by atoms with Crippen molar-refractivity contribution in [3.63, 3.8) is 0 Å². The summed E-state index contributed by atoms with van der Waals surface area (Å²) in [4.78, 5) is 132. The average molecular weight is 1680 g/mol. The van der Waals surface area contributed by atoms with Gasteiger partial charge in [0, 0.05) is 96.3 Å². The number of carbonyl (C=O) groups is 3. The molecule has 0 spiro atoms. The van der Waals surface area contributed by atoms with Gasteiger partial charge in [0.2, 0.25) is 0 Å². The summed E-state index contributed by atoms with van der Waals surface area (Å²) in [6, 6.07) is 1.76. The first-order chi connectivity index (χ1) is 52.8. The molecule has 0 aliphatic carbocycles. The number of hydrogen-bond acceptors (Lipinski definition) is 19. The number of hydrogen-bond donors (Lipinski definition) is 0. The zero-order valence-corrected chi connectivity index (χ0v) is 62.0. The van der Waals surface area contributed by atoms with Gasteiger partial charge in [-0.15, -0.1) is 34.0 Å². The molecule has 3 amide bonds. The van der Waals surface area contributed by atoms with Crippen LogP contribution in [0.2, 0.25) is 0 Å². The van der Waals surface area contributed by atoms with Crippen molar-refractivity contribution in [3.05, 3.63) is 198 Å². The van der Waals surface area contributed by atoms with Crippen LogP contribution in [0.1, 0.15) is 33.8 Å². The van der Waals surface area contributed by atoms with Crippen molar-refractivity contribution in [2.45, 2.75) is 58.0 Å². The second-order valence-corrected chi connectivity index (χ2v) is 28.7. The molecule has 0 radical (unpaired) electrons. The molecule has 0 unspecified atom stereocenters. The Kier molecular flexibility index (Phi) is 21.2. The Balaban J connectivity index is 1.05. The summed E-state index contributed by atoms with van der Waals surface area (Å²) in [6.07, 6.45) is -20.3. The molecule has 596 valence electrons. The number of carbonyl (C=O) groups excluding carboxylic acids is 3. The minimum Gasteiger partial charge on any atom is -0.292 e. The van der Waals surface area contributed by atoms with E-state index in [9.17, 15) is 82.7 Å². The third-order valence-electron chi connectivity index (χ3n) is 17.7. The van der Waals surface area contributed by atoms with Gasteiger partial charge in [0.25, 0.3) is 34.4 Å². The first-order valence-electron chi connectivity index (χ1n) is 31.6. The number of amides is 3. The van der Waals surface area contributed by atoms with Gasteiger partial charge in [-0.1, -0.05) is 0 Å². The fourth-order valence-corrected chi connectivity index (χ4v) is 15.7. The van der Waals surface area contributed by atoms with Gasteiger partial charge in [-0.3, -0.25) is 97.5 Å². The van der Waals surface area contributed by atoms with Crippen LogP contribution in [0.25, 0.3) is 66.9 Å². The van der Waals surface area contributed by atoms with E-state index in [1.54, 1.807) is 0 Å². The first-order valence-corrected chi connectivity index (χ1v) is 35.7. The summed E-state index contributed by atoms with van der Waals surface area (Å²) in [5.74, 6) is -17.5. The Labute approximate surface area is 627 Å². The van der Waals surface area contributed by atoms with Gasteiger partial charge < -0.3 is 0 Å². The molecule has 0 atom stereocenters. The predicted molar refractivity (Wildman–Crippen MR) is 365 cm³/mol. The van der Waals surface area contributed by atoms with Gasteiger partial charge in [-0.2, -0.15) is 69.8 Å². The number of nitrogens with zero attached hydrogens (tertiary/aromatic N) is 18. The minimum absolute atomic E-state index is 0.146. The van der Waals surface area contributed by atoms with E-state index in [-0.39, 0.29) is 102 Å². The number of phosphoric acid groups is 1. The van der Waals surface area contributed by atoms with Crippen molar-refractivity contribution < 1.29 is 98.4 Å². The minimum atomic E-state index is -6.26. The Morgan fingerprint density at radius 1 is 0.398 bits per heavy atom. The van der Waals surface area contributed by atoms with E-state index in [1.165, 1.54) is 42.3 Å². The maximum Gasteiger partial charge on any atom is 0.480 e. The molecule has 0 saturated carbocycles.